The van der Waals surface area contributed by atoms with Crippen molar-refractivity contribution in [2.24, 2.45) is 5.92 Å². The van der Waals surface area contributed by atoms with E-state index in [-0.39, 0.29) is 0 Å². The molecule has 3 heteroatoms. The van der Waals surface area contributed by atoms with Gasteiger partial charge in [0.15, 0.2) is 0 Å². The quantitative estimate of drug-likeness (QED) is 0.772. The van der Waals surface area contributed by atoms with E-state index in [1.54, 1.807) is 0 Å². The standard InChI is InChI=1S/C20H26N2O/c1-16(2)15-22-14-7-6-12-19(22)18-11-8-13-21-20(18)23-17-9-4-3-5-10-17/h3-5,8-11,13,16,19H,6-7,12,14-15H2,1-2H3/t19-/m0/s1. The largest absolute Gasteiger partial charge is 0.439 e. The minimum absolute atomic E-state index is 0.415. The van der Waals surface area contributed by atoms with E-state index in [2.05, 4.69) is 29.8 Å². The fourth-order valence-corrected chi connectivity index (χ4v) is 3.37. The summed E-state index contributed by atoms with van der Waals surface area (Å²) in [6.45, 7) is 6.87. The van der Waals surface area contributed by atoms with E-state index >= 15 is 0 Å². The maximum atomic E-state index is 6.08. The Hall–Kier alpha value is -1.87. The van der Waals surface area contributed by atoms with Crippen LogP contribution in [-0.4, -0.2) is 23.0 Å². The molecule has 1 atom stereocenters. The van der Waals surface area contributed by atoms with Crippen molar-refractivity contribution in [2.75, 3.05) is 13.1 Å². The van der Waals surface area contributed by atoms with Crippen molar-refractivity contribution < 1.29 is 4.74 Å². The van der Waals surface area contributed by atoms with Crippen LogP contribution in [0.3, 0.4) is 0 Å². The molecule has 0 unspecified atom stereocenters. The second-order valence-electron chi connectivity index (χ2n) is 6.71. The van der Waals surface area contributed by atoms with Crippen molar-refractivity contribution in [3.05, 3.63) is 54.2 Å². The third kappa shape index (κ3) is 4.11. The van der Waals surface area contributed by atoms with Crippen molar-refractivity contribution in [1.82, 2.24) is 9.88 Å². The number of likely N-dealkylation sites (tertiary alicyclic amines) is 1. The molecule has 0 bridgehead atoms. The summed E-state index contributed by atoms with van der Waals surface area (Å²) >= 11 is 0. The molecule has 3 rings (SSSR count). The molecule has 0 N–H and O–H groups in total. The Morgan fingerprint density at radius 3 is 2.74 bits per heavy atom. The van der Waals surface area contributed by atoms with Gasteiger partial charge in [-0.05, 0) is 43.5 Å². The Kier molecular flexibility index (Phi) is 5.29. The van der Waals surface area contributed by atoms with Crippen LogP contribution in [0.5, 0.6) is 11.6 Å². The molecule has 1 aromatic heterocycles. The summed E-state index contributed by atoms with van der Waals surface area (Å²) in [5, 5.41) is 0. The van der Waals surface area contributed by atoms with Crippen LogP contribution in [0.25, 0.3) is 0 Å². The number of benzene rings is 1. The van der Waals surface area contributed by atoms with Gasteiger partial charge in [-0.3, -0.25) is 4.90 Å². The average Bonchev–Trinajstić information content (AvgIpc) is 2.56. The zero-order valence-electron chi connectivity index (χ0n) is 14.1. The van der Waals surface area contributed by atoms with Gasteiger partial charge >= 0.3 is 0 Å². The van der Waals surface area contributed by atoms with Crippen LogP contribution in [0, 0.1) is 5.92 Å². The van der Waals surface area contributed by atoms with Gasteiger partial charge in [0.1, 0.15) is 5.75 Å². The maximum Gasteiger partial charge on any atom is 0.223 e. The van der Waals surface area contributed by atoms with Crippen molar-refractivity contribution in [3.63, 3.8) is 0 Å². The molecule has 0 radical (unpaired) electrons. The maximum absolute atomic E-state index is 6.08. The van der Waals surface area contributed by atoms with Crippen LogP contribution in [0.4, 0.5) is 0 Å². The molecule has 23 heavy (non-hydrogen) atoms. The van der Waals surface area contributed by atoms with Crippen molar-refractivity contribution >= 4 is 0 Å². The summed E-state index contributed by atoms with van der Waals surface area (Å²) in [4.78, 5) is 7.11. The fourth-order valence-electron chi connectivity index (χ4n) is 3.37. The summed E-state index contributed by atoms with van der Waals surface area (Å²) in [6, 6.07) is 14.5. The molecule has 0 spiro atoms. The number of piperidine rings is 1. The van der Waals surface area contributed by atoms with Gasteiger partial charge in [0.2, 0.25) is 5.88 Å². The molecule has 2 aromatic rings. The SMILES string of the molecule is CC(C)CN1CCCC[C@H]1c1cccnc1Oc1ccccc1. The first-order valence-electron chi connectivity index (χ1n) is 8.66. The van der Waals surface area contributed by atoms with Crippen LogP contribution < -0.4 is 4.74 Å². The summed E-state index contributed by atoms with van der Waals surface area (Å²) in [6.07, 6.45) is 5.57. The number of pyridine rings is 1. The molecular weight excluding hydrogens is 284 g/mol. The van der Waals surface area contributed by atoms with Crippen LogP contribution in [0.15, 0.2) is 48.7 Å². The number of hydrogen-bond donors (Lipinski definition) is 0. The van der Waals surface area contributed by atoms with E-state index in [1.165, 1.54) is 31.4 Å². The summed E-state index contributed by atoms with van der Waals surface area (Å²) < 4.78 is 6.08. The number of para-hydroxylation sites is 1. The van der Waals surface area contributed by atoms with Gasteiger partial charge in [0.25, 0.3) is 0 Å². The van der Waals surface area contributed by atoms with E-state index in [4.69, 9.17) is 4.74 Å². The zero-order chi connectivity index (χ0) is 16.1. The van der Waals surface area contributed by atoms with Gasteiger partial charge in [-0.2, -0.15) is 0 Å². The molecule has 3 nitrogen and oxygen atoms in total. The third-order valence-electron chi connectivity index (χ3n) is 4.33. The Morgan fingerprint density at radius 2 is 1.96 bits per heavy atom. The molecule has 1 aromatic carbocycles. The Morgan fingerprint density at radius 1 is 1.13 bits per heavy atom. The lowest BCUT2D eigenvalue weighted by molar-refractivity contribution is 0.130. The monoisotopic (exact) mass is 310 g/mol. The van der Waals surface area contributed by atoms with Gasteiger partial charge in [0, 0.05) is 24.3 Å². The molecular formula is C20H26N2O. The predicted molar refractivity (Wildman–Crippen MR) is 93.8 cm³/mol. The van der Waals surface area contributed by atoms with Crippen LogP contribution in [-0.2, 0) is 0 Å². The Bertz CT molecular complexity index is 612. The highest BCUT2D eigenvalue weighted by Crippen LogP contribution is 2.36. The highest BCUT2D eigenvalue weighted by molar-refractivity contribution is 5.34. The van der Waals surface area contributed by atoms with Crippen molar-refractivity contribution in [3.8, 4) is 11.6 Å². The number of hydrogen-bond acceptors (Lipinski definition) is 3. The van der Waals surface area contributed by atoms with E-state index in [0.29, 0.717) is 12.0 Å². The van der Waals surface area contributed by atoms with Gasteiger partial charge in [-0.1, -0.05) is 44.5 Å². The lowest BCUT2D eigenvalue weighted by Crippen LogP contribution is -2.36. The van der Waals surface area contributed by atoms with E-state index < -0.39 is 0 Å². The highest BCUT2D eigenvalue weighted by Gasteiger charge is 2.27. The molecule has 2 heterocycles. The normalized spacial score (nSPS) is 19.0. The Labute approximate surface area is 139 Å². The molecule has 1 saturated heterocycles. The fraction of sp³-hybridized carbons (Fsp3) is 0.450. The van der Waals surface area contributed by atoms with E-state index in [0.717, 1.165) is 18.2 Å². The lowest BCUT2D eigenvalue weighted by Gasteiger charge is -2.37. The smallest absolute Gasteiger partial charge is 0.223 e. The van der Waals surface area contributed by atoms with Gasteiger partial charge in [-0.25, -0.2) is 4.98 Å². The summed E-state index contributed by atoms with van der Waals surface area (Å²) in [7, 11) is 0. The van der Waals surface area contributed by atoms with Gasteiger partial charge in [-0.15, -0.1) is 0 Å². The molecule has 0 amide bonds. The van der Waals surface area contributed by atoms with Crippen LogP contribution in [0.1, 0.15) is 44.7 Å². The third-order valence-corrected chi connectivity index (χ3v) is 4.33. The molecule has 0 saturated carbocycles. The van der Waals surface area contributed by atoms with Crippen LogP contribution >= 0.6 is 0 Å². The predicted octanol–water partition coefficient (Wildman–Crippen LogP) is 5.06. The molecule has 1 aliphatic heterocycles. The van der Waals surface area contributed by atoms with Crippen molar-refractivity contribution in [1.29, 1.82) is 0 Å². The topological polar surface area (TPSA) is 25.4 Å². The zero-order valence-corrected chi connectivity index (χ0v) is 14.1. The first kappa shape index (κ1) is 16.0. The van der Waals surface area contributed by atoms with E-state index in [1.807, 2.05) is 42.6 Å². The number of aromatic nitrogens is 1. The van der Waals surface area contributed by atoms with Gasteiger partial charge in [0.05, 0.1) is 0 Å². The second-order valence-corrected chi connectivity index (χ2v) is 6.71. The lowest BCUT2D eigenvalue weighted by atomic mass is 9.95. The molecule has 0 aliphatic carbocycles. The molecule has 1 fully saturated rings. The first-order chi connectivity index (χ1) is 11.2. The minimum Gasteiger partial charge on any atom is -0.439 e. The number of rotatable bonds is 5. The summed E-state index contributed by atoms with van der Waals surface area (Å²) in [5.41, 5.74) is 1.22. The average molecular weight is 310 g/mol. The van der Waals surface area contributed by atoms with E-state index in [9.17, 15) is 0 Å². The second kappa shape index (κ2) is 7.60. The summed E-state index contributed by atoms with van der Waals surface area (Å²) in [5.74, 6) is 2.27. The Balaban J connectivity index is 1.86. The molecule has 1 aliphatic rings. The molecule has 122 valence electrons. The highest BCUT2D eigenvalue weighted by atomic mass is 16.5. The number of nitrogens with zero attached hydrogens (tertiary/aromatic N) is 2. The number of ether oxygens (including phenoxy) is 1. The van der Waals surface area contributed by atoms with Crippen LogP contribution in [0.2, 0.25) is 0 Å². The van der Waals surface area contributed by atoms with Crippen molar-refractivity contribution in [2.45, 2.75) is 39.2 Å². The minimum atomic E-state index is 0.415. The first-order valence-corrected chi connectivity index (χ1v) is 8.66. The van der Waals surface area contributed by atoms with Gasteiger partial charge < -0.3 is 4.74 Å².